The molecular formula is C26H35O3P. The van der Waals surface area contributed by atoms with Gasteiger partial charge in [0.05, 0.1) is 0 Å². The van der Waals surface area contributed by atoms with Crippen molar-refractivity contribution in [1.82, 2.24) is 0 Å². The summed E-state index contributed by atoms with van der Waals surface area (Å²) in [5, 5.41) is 0. The smallest absolute Gasteiger partial charge is 0.229 e. The maximum Gasteiger partial charge on any atom is 0.229 e. The molecule has 2 aromatic rings. The van der Waals surface area contributed by atoms with Crippen LogP contribution < -0.4 is 0 Å². The van der Waals surface area contributed by atoms with Gasteiger partial charge in [-0.2, -0.15) is 0 Å². The molecule has 0 amide bonds. The highest BCUT2D eigenvalue weighted by atomic mass is 31.2. The molecule has 0 unspecified atom stereocenters. The van der Waals surface area contributed by atoms with Gasteiger partial charge in [0.25, 0.3) is 0 Å². The Morgan fingerprint density at radius 2 is 1.03 bits per heavy atom. The molecule has 30 heavy (non-hydrogen) atoms. The Bertz CT molecular complexity index is 897. The molecule has 0 fully saturated rings. The summed E-state index contributed by atoms with van der Waals surface area (Å²) < 4.78 is 14.3. The fourth-order valence-corrected chi connectivity index (χ4v) is 7.14. The van der Waals surface area contributed by atoms with Gasteiger partial charge in [-0.15, -0.1) is 0 Å². The average Bonchev–Trinajstić information content (AvgIpc) is 2.63. The zero-order valence-corrected chi connectivity index (χ0v) is 20.4. The second kappa shape index (κ2) is 9.88. The summed E-state index contributed by atoms with van der Waals surface area (Å²) in [5.41, 5.74) is 5.22. The molecule has 4 heteroatoms. The molecule has 0 N–H and O–H groups in total. The van der Waals surface area contributed by atoms with E-state index in [4.69, 9.17) is 0 Å². The van der Waals surface area contributed by atoms with Crippen LogP contribution in [0.1, 0.15) is 86.7 Å². The lowest BCUT2D eigenvalue weighted by atomic mass is 10.0. The normalized spacial score (nSPS) is 11.6. The van der Waals surface area contributed by atoms with Crippen LogP contribution in [0.2, 0.25) is 0 Å². The summed E-state index contributed by atoms with van der Waals surface area (Å²) in [6.45, 7) is 13.5. The minimum atomic E-state index is -3.80. The van der Waals surface area contributed by atoms with Gasteiger partial charge >= 0.3 is 0 Å². The molecule has 2 rings (SSSR count). The Hall–Kier alpha value is -1.99. The van der Waals surface area contributed by atoms with Gasteiger partial charge in [-0.1, -0.05) is 61.6 Å². The Morgan fingerprint density at radius 3 is 1.37 bits per heavy atom. The van der Waals surface area contributed by atoms with Gasteiger partial charge in [0.15, 0.2) is 0 Å². The third-order valence-electron chi connectivity index (χ3n) is 5.76. The van der Waals surface area contributed by atoms with Crippen molar-refractivity contribution in [2.45, 2.75) is 74.1 Å². The number of hydrogen-bond acceptors (Lipinski definition) is 3. The van der Waals surface area contributed by atoms with Gasteiger partial charge in [-0.25, -0.2) is 0 Å². The van der Waals surface area contributed by atoms with E-state index >= 15 is 0 Å². The highest BCUT2D eigenvalue weighted by molar-refractivity contribution is 7.95. The van der Waals surface area contributed by atoms with Crippen LogP contribution >= 0.6 is 7.14 Å². The maximum atomic E-state index is 14.3. The van der Waals surface area contributed by atoms with Crippen molar-refractivity contribution in [3.8, 4) is 0 Å². The number of carbonyl (C=O) groups is 2. The van der Waals surface area contributed by atoms with Crippen LogP contribution in [0, 0.1) is 41.5 Å². The van der Waals surface area contributed by atoms with E-state index in [1.807, 2.05) is 65.8 Å². The first-order valence-electron chi connectivity index (χ1n) is 10.9. The summed E-state index contributed by atoms with van der Waals surface area (Å²) in [7, 11) is -3.80. The van der Waals surface area contributed by atoms with Crippen molar-refractivity contribution in [2.24, 2.45) is 0 Å². The third kappa shape index (κ3) is 5.01. The van der Waals surface area contributed by atoms with Crippen LogP contribution in [0.15, 0.2) is 24.3 Å². The predicted octanol–water partition coefficient (Wildman–Crippen LogP) is 7.46. The molecule has 3 nitrogen and oxygen atoms in total. The number of aryl methyl sites for hydroxylation is 6. The molecule has 0 saturated heterocycles. The number of carbonyl (C=O) groups excluding carboxylic acids is 2. The Balaban J connectivity index is 2.60. The minimum absolute atomic E-state index is 0.143. The fraction of sp³-hybridized carbons (Fsp3) is 0.462. The lowest BCUT2D eigenvalue weighted by Crippen LogP contribution is -2.17. The van der Waals surface area contributed by atoms with Crippen molar-refractivity contribution in [2.75, 3.05) is 6.16 Å². The zero-order valence-electron chi connectivity index (χ0n) is 19.5. The van der Waals surface area contributed by atoms with Crippen molar-refractivity contribution in [3.05, 3.63) is 68.8 Å². The fourth-order valence-electron chi connectivity index (χ4n) is 4.45. The van der Waals surface area contributed by atoms with Crippen LogP contribution in [-0.2, 0) is 4.57 Å². The highest BCUT2D eigenvalue weighted by Crippen LogP contribution is 2.54. The van der Waals surface area contributed by atoms with Crippen molar-refractivity contribution in [3.63, 3.8) is 0 Å². The molecule has 162 valence electrons. The number of hydrogen-bond donors (Lipinski definition) is 0. The number of rotatable bonds is 9. The first-order chi connectivity index (χ1) is 14.0. The van der Waals surface area contributed by atoms with Crippen molar-refractivity contribution in [1.29, 1.82) is 0 Å². The van der Waals surface area contributed by atoms with Crippen molar-refractivity contribution < 1.29 is 14.2 Å². The third-order valence-corrected chi connectivity index (χ3v) is 8.47. The quantitative estimate of drug-likeness (QED) is 0.309. The maximum absolute atomic E-state index is 14.3. The molecule has 0 aliphatic rings. The summed E-state index contributed by atoms with van der Waals surface area (Å²) in [4.78, 5) is 27.4. The summed E-state index contributed by atoms with van der Waals surface area (Å²) in [6.07, 6.45) is 3.69. The number of benzene rings is 2. The van der Waals surface area contributed by atoms with Crippen LogP contribution in [0.25, 0.3) is 0 Å². The van der Waals surface area contributed by atoms with Gasteiger partial charge in [-0.05, 0) is 70.2 Å². The zero-order chi connectivity index (χ0) is 22.6. The van der Waals surface area contributed by atoms with Crippen molar-refractivity contribution >= 4 is 18.2 Å². The van der Waals surface area contributed by atoms with E-state index in [2.05, 4.69) is 6.92 Å². The van der Waals surface area contributed by atoms with Crippen LogP contribution in [0.3, 0.4) is 0 Å². The largest absolute Gasteiger partial charge is 0.307 e. The van der Waals surface area contributed by atoms with E-state index in [1.54, 1.807) is 0 Å². The molecule has 0 heterocycles. The summed E-state index contributed by atoms with van der Waals surface area (Å²) >= 11 is 0. The molecular weight excluding hydrogens is 391 g/mol. The van der Waals surface area contributed by atoms with Crippen LogP contribution in [0.5, 0.6) is 0 Å². The minimum Gasteiger partial charge on any atom is -0.307 e. The highest BCUT2D eigenvalue weighted by Gasteiger charge is 2.42. The Labute approximate surface area is 181 Å². The van der Waals surface area contributed by atoms with E-state index < -0.39 is 18.2 Å². The van der Waals surface area contributed by atoms with Gasteiger partial charge in [-0.3, -0.25) is 9.59 Å². The molecule has 0 aromatic heterocycles. The van der Waals surface area contributed by atoms with Crippen LogP contribution in [0.4, 0.5) is 0 Å². The first-order valence-corrected chi connectivity index (χ1v) is 12.8. The van der Waals surface area contributed by atoms with E-state index in [-0.39, 0.29) is 6.16 Å². The van der Waals surface area contributed by atoms with E-state index in [1.165, 1.54) is 0 Å². The first kappa shape index (κ1) is 24.3. The van der Waals surface area contributed by atoms with Gasteiger partial charge in [0.1, 0.15) is 0 Å². The molecule has 0 aliphatic carbocycles. The van der Waals surface area contributed by atoms with E-state index in [0.29, 0.717) is 17.5 Å². The van der Waals surface area contributed by atoms with Gasteiger partial charge in [0.2, 0.25) is 18.2 Å². The molecule has 2 aromatic carbocycles. The second-order valence-electron chi connectivity index (χ2n) is 8.68. The molecule has 0 aliphatic heterocycles. The summed E-state index contributed by atoms with van der Waals surface area (Å²) in [5.74, 6) is 0. The Morgan fingerprint density at radius 1 is 0.667 bits per heavy atom. The predicted molar refractivity (Wildman–Crippen MR) is 127 cm³/mol. The number of unbranched alkanes of at least 4 members (excludes halogenated alkanes) is 3. The van der Waals surface area contributed by atoms with E-state index in [0.717, 1.165) is 52.6 Å². The Kier molecular flexibility index (Phi) is 7.99. The molecule has 0 atom stereocenters. The summed E-state index contributed by atoms with van der Waals surface area (Å²) in [6, 6.07) is 7.70. The molecule has 0 spiro atoms. The SMILES string of the molecule is CCCCCCP(=O)(C(=O)c1c(C)cc(C)cc1C)C(=O)c1c(C)cc(C)cc1C. The second-order valence-corrected chi connectivity index (χ2v) is 11.4. The lowest BCUT2D eigenvalue weighted by molar-refractivity contribution is 0.103. The van der Waals surface area contributed by atoms with Gasteiger partial charge < -0.3 is 4.57 Å². The monoisotopic (exact) mass is 426 g/mol. The van der Waals surface area contributed by atoms with E-state index in [9.17, 15) is 14.2 Å². The molecule has 0 saturated carbocycles. The standard InChI is InChI=1S/C26H35O3P/c1-8-9-10-11-12-30(29,25(27)23-19(4)13-17(2)14-20(23)5)26(28)24-21(6)15-18(3)16-22(24)7/h13-16H,8-12H2,1-7H3. The topological polar surface area (TPSA) is 51.2 Å². The van der Waals surface area contributed by atoms with Crippen LogP contribution in [-0.4, -0.2) is 17.2 Å². The molecule has 0 radical (unpaired) electrons. The average molecular weight is 427 g/mol. The lowest BCUT2D eigenvalue weighted by Gasteiger charge is -2.21. The van der Waals surface area contributed by atoms with Gasteiger partial charge in [0, 0.05) is 17.3 Å². The molecule has 0 bridgehead atoms.